The summed E-state index contributed by atoms with van der Waals surface area (Å²) in [5.41, 5.74) is 3.94. The SMILES string of the molecule is Cc1cc(C)n(C(C)C(=O)NCc2ccccc2-n2ccnc2)n1. The van der Waals surface area contributed by atoms with Crippen LogP contribution in [-0.4, -0.2) is 25.2 Å². The Hall–Kier alpha value is -2.89. The fraction of sp³-hybridized carbons (Fsp3) is 0.278. The highest BCUT2D eigenvalue weighted by Gasteiger charge is 2.18. The zero-order chi connectivity index (χ0) is 17.1. The van der Waals surface area contributed by atoms with Gasteiger partial charge in [-0.15, -0.1) is 0 Å². The van der Waals surface area contributed by atoms with Crippen LogP contribution in [0.1, 0.15) is 29.9 Å². The lowest BCUT2D eigenvalue weighted by molar-refractivity contribution is -0.124. The predicted octanol–water partition coefficient (Wildman–Crippen LogP) is 2.56. The molecule has 0 aliphatic rings. The second-order valence-electron chi connectivity index (χ2n) is 5.86. The van der Waals surface area contributed by atoms with Crippen molar-refractivity contribution in [2.24, 2.45) is 0 Å². The van der Waals surface area contributed by atoms with Gasteiger partial charge in [-0.1, -0.05) is 18.2 Å². The molecular formula is C18H21N5O. The maximum absolute atomic E-state index is 12.5. The number of carbonyl (C=O) groups excluding carboxylic acids is 1. The molecule has 1 amide bonds. The van der Waals surface area contributed by atoms with Gasteiger partial charge in [0.05, 0.1) is 17.7 Å². The zero-order valence-electron chi connectivity index (χ0n) is 14.1. The topological polar surface area (TPSA) is 64.7 Å². The highest BCUT2D eigenvalue weighted by atomic mass is 16.2. The van der Waals surface area contributed by atoms with Crippen LogP contribution in [-0.2, 0) is 11.3 Å². The van der Waals surface area contributed by atoms with E-state index in [9.17, 15) is 4.79 Å². The molecule has 6 nitrogen and oxygen atoms in total. The Morgan fingerprint density at radius 2 is 2.08 bits per heavy atom. The molecule has 0 bridgehead atoms. The zero-order valence-corrected chi connectivity index (χ0v) is 14.1. The van der Waals surface area contributed by atoms with Gasteiger partial charge in [-0.3, -0.25) is 9.48 Å². The van der Waals surface area contributed by atoms with Gasteiger partial charge in [0.2, 0.25) is 5.91 Å². The third-order valence-electron chi connectivity index (χ3n) is 4.02. The molecular weight excluding hydrogens is 302 g/mol. The van der Waals surface area contributed by atoms with Gasteiger partial charge in [0.15, 0.2) is 0 Å². The first-order valence-corrected chi connectivity index (χ1v) is 7.93. The van der Waals surface area contributed by atoms with Crippen molar-refractivity contribution in [2.75, 3.05) is 0 Å². The Kier molecular flexibility index (Phi) is 4.46. The number of nitrogens with zero attached hydrogens (tertiary/aromatic N) is 4. The van der Waals surface area contributed by atoms with Gasteiger partial charge in [-0.2, -0.15) is 5.10 Å². The minimum atomic E-state index is -0.348. The number of carbonyl (C=O) groups is 1. The first kappa shape index (κ1) is 16.0. The summed E-state index contributed by atoms with van der Waals surface area (Å²) in [5, 5.41) is 7.39. The summed E-state index contributed by atoms with van der Waals surface area (Å²) in [6.45, 7) is 6.20. The molecule has 0 aliphatic carbocycles. The number of nitrogens with one attached hydrogen (secondary N) is 1. The number of rotatable bonds is 5. The van der Waals surface area contributed by atoms with Gasteiger partial charge >= 0.3 is 0 Å². The van der Waals surface area contributed by atoms with Crippen molar-refractivity contribution in [3.8, 4) is 5.69 Å². The molecule has 1 aromatic carbocycles. The van der Waals surface area contributed by atoms with Crippen molar-refractivity contribution in [2.45, 2.75) is 33.4 Å². The number of para-hydroxylation sites is 1. The summed E-state index contributed by atoms with van der Waals surface area (Å²) in [6, 6.07) is 9.57. The minimum Gasteiger partial charge on any atom is -0.350 e. The van der Waals surface area contributed by atoms with Gasteiger partial charge < -0.3 is 9.88 Å². The summed E-state index contributed by atoms with van der Waals surface area (Å²) < 4.78 is 3.69. The fourth-order valence-electron chi connectivity index (χ4n) is 2.79. The van der Waals surface area contributed by atoms with Gasteiger partial charge in [-0.05, 0) is 38.5 Å². The van der Waals surface area contributed by atoms with Crippen LogP contribution in [0.25, 0.3) is 5.69 Å². The number of amides is 1. The Labute approximate surface area is 141 Å². The van der Waals surface area contributed by atoms with Crippen molar-refractivity contribution >= 4 is 5.91 Å². The van der Waals surface area contributed by atoms with E-state index in [0.717, 1.165) is 22.6 Å². The van der Waals surface area contributed by atoms with E-state index >= 15 is 0 Å². The van der Waals surface area contributed by atoms with Crippen LogP contribution in [0.5, 0.6) is 0 Å². The molecule has 1 N–H and O–H groups in total. The maximum Gasteiger partial charge on any atom is 0.244 e. The molecule has 3 rings (SSSR count). The van der Waals surface area contributed by atoms with Crippen LogP contribution < -0.4 is 5.32 Å². The fourth-order valence-corrected chi connectivity index (χ4v) is 2.79. The number of hydrogen-bond acceptors (Lipinski definition) is 3. The lowest BCUT2D eigenvalue weighted by Crippen LogP contribution is -2.31. The smallest absolute Gasteiger partial charge is 0.244 e. The first-order chi connectivity index (χ1) is 11.6. The normalized spacial score (nSPS) is 12.1. The maximum atomic E-state index is 12.5. The van der Waals surface area contributed by atoms with E-state index < -0.39 is 0 Å². The molecule has 2 aromatic heterocycles. The van der Waals surface area contributed by atoms with Gasteiger partial charge in [-0.25, -0.2) is 4.98 Å². The van der Waals surface area contributed by atoms with Crippen LogP contribution in [0.2, 0.25) is 0 Å². The molecule has 0 saturated heterocycles. The van der Waals surface area contributed by atoms with Crippen LogP contribution >= 0.6 is 0 Å². The average molecular weight is 323 g/mol. The van der Waals surface area contributed by atoms with E-state index in [1.54, 1.807) is 17.2 Å². The van der Waals surface area contributed by atoms with Crippen LogP contribution in [0.3, 0.4) is 0 Å². The minimum absolute atomic E-state index is 0.0540. The molecule has 1 atom stereocenters. The van der Waals surface area contributed by atoms with Gasteiger partial charge in [0, 0.05) is 24.6 Å². The highest BCUT2D eigenvalue weighted by molar-refractivity contribution is 5.80. The van der Waals surface area contributed by atoms with E-state index in [2.05, 4.69) is 15.4 Å². The summed E-state index contributed by atoms with van der Waals surface area (Å²) in [7, 11) is 0. The van der Waals surface area contributed by atoms with Gasteiger partial charge in [0.1, 0.15) is 6.04 Å². The Morgan fingerprint density at radius 1 is 1.29 bits per heavy atom. The number of hydrogen-bond donors (Lipinski definition) is 1. The van der Waals surface area contributed by atoms with E-state index in [-0.39, 0.29) is 11.9 Å². The summed E-state index contributed by atoms with van der Waals surface area (Å²) in [6.07, 6.45) is 5.37. The highest BCUT2D eigenvalue weighted by Crippen LogP contribution is 2.15. The number of benzene rings is 1. The number of imidazole rings is 1. The number of aryl methyl sites for hydroxylation is 2. The molecule has 6 heteroatoms. The third-order valence-corrected chi connectivity index (χ3v) is 4.02. The van der Waals surface area contributed by atoms with Crippen molar-refractivity contribution in [3.05, 3.63) is 66.0 Å². The number of aromatic nitrogens is 4. The van der Waals surface area contributed by atoms with Crippen LogP contribution in [0, 0.1) is 13.8 Å². The molecule has 0 saturated carbocycles. The first-order valence-electron chi connectivity index (χ1n) is 7.93. The second kappa shape index (κ2) is 6.70. The molecule has 3 aromatic rings. The van der Waals surface area contributed by atoms with Crippen molar-refractivity contribution in [1.82, 2.24) is 24.6 Å². The largest absolute Gasteiger partial charge is 0.350 e. The van der Waals surface area contributed by atoms with Crippen LogP contribution in [0.15, 0.2) is 49.1 Å². The molecule has 24 heavy (non-hydrogen) atoms. The van der Waals surface area contributed by atoms with E-state index in [4.69, 9.17) is 0 Å². The lowest BCUT2D eigenvalue weighted by Gasteiger charge is -2.16. The molecule has 0 aliphatic heterocycles. The molecule has 0 spiro atoms. The lowest BCUT2D eigenvalue weighted by atomic mass is 10.1. The average Bonchev–Trinajstić information content (AvgIpc) is 3.21. The predicted molar refractivity (Wildman–Crippen MR) is 91.8 cm³/mol. The van der Waals surface area contributed by atoms with Crippen molar-refractivity contribution < 1.29 is 4.79 Å². The van der Waals surface area contributed by atoms with Crippen molar-refractivity contribution in [3.63, 3.8) is 0 Å². The van der Waals surface area contributed by atoms with Gasteiger partial charge in [0.25, 0.3) is 0 Å². The van der Waals surface area contributed by atoms with Crippen molar-refractivity contribution in [1.29, 1.82) is 0 Å². The molecule has 2 heterocycles. The molecule has 1 unspecified atom stereocenters. The van der Waals surface area contributed by atoms with E-state index in [0.29, 0.717) is 6.54 Å². The second-order valence-corrected chi connectivity index (χ2v) is 5.86. The quantitative estimate of drug-likeness (QED) is 0.785. The standard InChI is InChI=1S/C18H21N5O/c1-13-10-14(2)23(21-13)15(3)18(24)20-11-16-6-4-5-7-17(16)22-9-8-19-12-22/h4-10,12,15H,11H2,1-3H3,(H,20,24). The molecule has 0 fully saturated rings. The summed E-state index contributed by atoms with van der Waals surface area (Å²) in [5.74, 6) is -0.0540. The van der Waals surface area contributed by atoms with E-state index in [1.807, 2.05) is 61.9 Å². The monoisotopic (exact) mass is 323 g/mol. The molecule has 124 valence electrons. The van der Waals surface area contributed by atoms with E-state index in [1.165, 1.54) is 0 Å². The van der Waals surface area contributed by atoms with Crippen LogP contribution in [0.4, 0.5) is 0 Å². The Balaban J connectivity index is 1.72. The Bertz CT molecular complexity index is 835. The Morgan fingerprint density at radius 3 is 2.75 bits per heavy atom. The summed E-state index contributed by atoms with van der Waals surface area (Å²) in [4.78, 5) is 16.6. The third kappa shape index (κ3) is 3.22. The molecule has 0 radical (unpaired) electrons. The summed E-state index contributed by atoms with van der Waals surface area (Å²) >= 11 is 0.